The van der Waals surface area contributed by atoms with Gasteiger partial charge >= 0.3 is 0 Å². The molecule has 1 aromatic carbocycles. The number of hydrogen-bond donors (Lipinski definition) is 1. The van der Waals surface area contributed by atoms with Crippen molar-refractivity contribution in [2.45, 2.75) is 46.6 Å². The summed E-state index contributed by atoms with van der Waals surface area (Å²) in [7, 11) is 2.07. The molecule has 2 nitrogen and oxygen atoms in total. The van der Waals surface area contributed by atoms with E-state index in [1.807, 2.05) is 0 Å². The molecule has 1 rings (SSSR count). The van der Waals surface area contributed by atoms with Gasteiger partial charge in [-0.3, -0.25) is 0 Å². The maximum absolute atomic E-state index is 3.48. The summed E-state index contributed by atoms with van der Waals surface area (Å²) in [5.74, 6) is 0. The Morgan fingerprint density at radius 3 is 2.21 bits per heavy atom. The van der Waals surface area contributed by atoms with E-state index in [-0.39, 0.29) is 0 Å². The maximum atomic E-state index is 3.48. The number of rotatable bonds is 8. The van der Waals surface area contributed by atoms with Crippen LogP contribution in [0, 0.1) is 13.8 Å². The Kier molecular flexibility index (Phi) is 7.11. The number of hydrogen-bond acceptors (Lipinski definition) is 2. The molecule has 1 aromatic rings. The van der Waals surface area contributed by atoms with Gasteiger partial charge in [0.15, 0.2) is 0 Å². The van der Waals surface area contributed by atoms with Gasteiger partial charge in [-0.1, -0.05) is 37.6 Å². The van der Waals surface area contributed by atoms with Crippen LogP contribution in [0.15, 0.2) is 18.2 Å². The van der Waals surface area contributed by atoms with Gasteiger partial charge < -0.3 is 10.2 Å². The van der Waals surface area contributed by atoms with Gasteiger partial charge in [0, 0.05) is 12.6 Å². The van der Waals surface area contributed by atoms with Crippen LogP contribution >= 0.6 is 0 Å². The van der Waals surface area contributed by atoms with Crippen LogP contribution in [-0.2, 0) is 0 Å². The fourth-order valence-electron chi connectivity index (χ4n) is 2.75. The van der Waals surface area contributed by atoms with Crippen molar-refractivity contribution >= 4 is 0 Å². The highest BCUT2D eigenvalue weighted by atomic mass is 15.1. The maximum Gasteiger partial charge on any atom is 0.0449 e. The van der Waals surface area contributed by atoms with Crippen molar-refractivity contribution in [1.29, 1.82) is 0 Å². The van der Waals surface area contributed by atoms with E-state index in [9.17, 15) is 0 Å². The van der Waals surface area contributed by atoms with Crippen molar-refractivity contribution < 1.29 is 0 Å². The van der Waals surface area contributed by atoms with Crippen LogP contribution in [0.2, 0.25) is 0 Å². The fraction of sp³-hybridized carbons (Fsp3) is 0.647. The molecule has 0 radical (unpaired) electrons. The van der Waals surface area contributed by atoms with Gasteiger partial charge in [-0.25, -0.2) is 0 Å². The Balaban J connectivity index is 2.80. The Labute approximate surface area is 119 Å². The summed E-state index contributed by atoms with van der Waals surface area (Å²) in [6.45, 7) is 12.4. The Bertz CT molecular complexity index is 368. The molecule has 0 aromatic heterocycles. The topological polar surface area (TPSA) is 15.3 Å². The lowest BCUT2D eigenvalue weighted by Crippen LogP contribution is -2.35. The van der Waals surface area contributed by atoms with Crippen molar-refractivity contribution in [3.8, 4) is 0 Å². The van der Waals surface area contributed by atoms with Crippen LogP contribution < -0.4 is 5.32 Å². The van der Waals surface area contributed by atoms with E-state index in [1.165, 1.54) is 42.6 Å². The van der Waals surface area contributed by atoms with E-state index < -0.39 is 0 Å². The zero-order chi connectivity index (χ0) is 14.3. The molecule has 0 amide bonds. The van der Waals surface area contributed by atoms with Crippen molar-refractivity contribution in [2.24, 2.45) is 0 Å². The molecule has 0 bridgehead atoms. The SMILES string of the molecule is CCCN(CCC)CC(NC)c1ccc(C)cc1C. The van der Waals surface area contributed by atoms with Crippen LogP contribution in [0.3, 0.4) is 0 Å². The first-order chi connectivity index (χ1) is 9.12. The first-order valence-electron chi connectivity index (χ1n) is 7.59. The van der Waals surface area contributed by atoms with Gasteiger partial charge in [0.25, 0.3) is 0 Å². The van der Waals surface area contributed by atoms with E-state index in [0.717, 1.165) is 6.54 Å². The van der Waals surface area contributed by atoms with E-state index >= 15 is 0 Å². The molecular formula is C17H30N2. The molecule has 0 saturated carbocycles. The molecule has 19 heavy (non-hydrogen) atoms. The number of aryl methyl sites for hydroxylation is 2. The zero-order valence-corrected chi connectivity index (χ0v) is 13.3. The lowest BCUT2D eigenvalue weighted by Gasteiger charge is -2.28. The molecule has 0 aliphatic carbocycles. The summed E-state index contributed by atoms with van der Waals surface area (Å²) in [4.78, 5) is 2.57. The molecule has 0 aliphatic rings. The van der Waals surface area contributed by atoms with Crippen molar-refractivity contribution in [1.82, 2.24) is 10.2 Å². The molecule has 0 heterocycles. The molecule has 1 N–H and O–H groups in total. The summed E-state index contributed by atoms with van der Waals surface area (Å²) in [5.41, 5.74) is 4.17. The first-order valence-corrected chi connectivity index (χ1v) is 7.59. The first kappa shape index (κ1) is 16.2. The molecule has 1 unspecified atom stereocenters. The van der Waals surface area contributed by atoms with Crippen LogP contribution in [0.5, 0.6) is 0 Å². The Morgan fingerprint density at radius 1 is 1.11 bits per heavy atom. The second-order valence-electron chi connectivity index (χ2n) is 5.50. The highest BCUT2D eigenvalue weighted by molar-refractivity contribution is 5.33. The minimum absolute atomic E-state index is 0.429. The fourth-order valence-corrected chi connectivity index (χ4v) is 2.75. The van der Waals surface area contributed by atoms with Gasteiger partial charge in [-0.2, -0.15) is 0 Å². The number of nitrogens with one attached hydrogen (secondary N) is 1. The standard InChI is InChI=1S/C17H30N2/c1-6-10-19(11-7-2)13-17(18-5)16-9-8-14(3)12-15(16)4/h8-9,12,17-18H,6-7,10-11,13H2,1-5H3. The van der Waals surface area contributed by atoms with Gasteiger partial charge in [-0.05, 0) is 58.0 Å². The lowest BCUT2D eigenvalue weighted by atomic mass is 9.98. The smallest absolute Gasteiger partial charge is 0.0449 e. The average molecular weight is 262 g/mol. The third-order valence-electron chi connectivity index (χ3n) is 3.67. The second kappa shape index (κ2) is 8.34. The lowest BCUT2D eigenvalue weighted by molar-refractivity contribution is 0.247. The summed E-state index contributed by atoms with van der Waals surface area (Å²) in [6, 6.07) is 7.21. The molecule has 0 saturated heterocycles. The third kappa shape index (κ3) is 4.96. The highest BCUT2D eigenvalue weighted by Gasteiger charge is 2.15. The van der Waals surface area contributed by atoms with Gasteiger partial charge in [0.1, 0.15) is 0 Å². The van der Waals surface area contributed by atoms with Crippen LogP contribution in [0.4, 0.5) is 0 Å². The predicted octanol–water partition coefficient (Wildman–Crippen LogP) is 3.69. The van der Waals surface area contributed by atoms with E-state index in [4.69, 9.17) is 0 Å². The normalized spacial score (nSPS) is 12.9. The van der Waals surface area contributed by atoms with Crippen molar-refractivity contribution in [3.05, 3.63) is 34.9 Å². The summed E-state index contributed by atoms with van der Waals surface area (Å²) >= 11 is 0. The quantitative estimate of drug-likeness (QED) is 0.768. The molecule has 0 aliphatic heterocycles. The van der Waals surface area contributed by atoms with E-state index in [1.54, 1.807) is 0 Å². The Hall–Kier alpha value is -0.860. The Morgan fingerprint density at radius 2 is 1.74 bits per heavy atom. The van der Waals surface area contributed by atoms with Crippen molar-refractivity contribution in [3.63, 3.8) is 0 Å². The van der Waals surface area contributed by atoms with Gasteiger partial charge in [0.2, 0.25) is 0 Å². The third-order valence-corrected chi connectivity index (χ3v) is 3.67. The zero-order valence-electron chi connectivity index (χ0n) is 13.3. The second-order valence-corrected chi connectivity index (χ2v) is 5.50. The number of nitrogens with zero attached hydrogens (tertiary/aromatic N) is 1. The predicted molar refractivity (Wildman–Crippen MR) is 84.7 cm³/mol. The number of likely N-dealkylation sites (N-methyl/N-ethyl adjacent to an activating group) is 1. The van der Waals surface area contributed by atoms with Crippen molar-refractivity contribution in [2.75, 3.05) is 26.7 Å². The van der Waals surface area contributed by atoms with E-state index in [0.29, 0.717) is 6.04 Å². The van der Waals surface area contributed by atoms with E-state index in [2.05, 4.69) is 63.2 Å². The minimum atomic E-state index is 0.429. The molecule has 0 spiro atoms. The highest BCUT2D eigenvalue weighted by Crippen LogP contribution is 2.20. The molecule has 108 valence electrons. The van der Waals surface area contributed by atoms with Crippen LogP contribution in [0.25, 0.3) is 0 Å². The number of benzene rings is 1. The van der Waals surface area contributed by atoms with Gasteiger partial charge in [-0.15, -0.1) is 0 Å². The molecule has 0 fully saturated rings. The average Bonchev–Trinajstić information content (AvgIpc) is 2.37. The monoisotopic (exact) mass is 262 g/mol. The van der Waals surface area contributed by atoms with Gasteiger partial charge in [0.05, 0.1) is 0 Å². The summed E-state index contributed by atoms with van der Waals surface area (Å²) < 4.78 is 0. The van der Waals surface area contributed by atoms with Crippen LogP contribution in [0.1, 0.15) is 49.4 Å². The van der Waals surface area contributed by atoms with Crippen LogP contribution in [-0.4, -0.2) is 31.6 Å². The summed E-state index contributed by atoms with van der Waals surface area (Å²) in [5, 5.41) is 3.48. The molecular weight excluding hydrogens is 232 g/mol. The summed E-state index contributed by atoms with van der Waals surface area (Å²) in [6.07, 6.45) is 2.45. The minimum Gasteiger partial charge on any atom is -0.312 e. The largest absolute Gasteiger partial charge is 0.312 e. The molecule has 1 atom stereocenters. The molecule has 2 heteroatoms.